The number of aromatic nitrogens is 2. The topological polar surface area (TPSA) is 74.5 Å². The van der Waals surface area contributed by atoms with Gasteiger partial charge >= 0.3 is 5.97 Å². The summed E-state index contributed by atoms with van der Waals surface area (Å²) < 4.78 is 16.5. The molecule has 6 nitrogen and oxygen atoms in total. The van der Waals surface area contributed by atoms with Crippen molar-refractivity contribution in [3.8, 4) is 5.75 Å². The lowest BCUT2D eigenvalue weighted by Gasteiger charge is -2.21. The predicted molar refractivity (Wildman–Crippen MR) is 93.5 cm³/mol. The van der Waals surface area contributed by atoms with E-state index in [1.807, 2.05) is 31.2 Å². The van der Waals surface area contributed by atoms with Crippen LogP contribution in [0.4, 0.5) is 0 Å². The summed E-state index contributed by atoms with van der Waals surface area (Å²) in [5.41, 5.74) is 1.17. The molecule has 0 saturated heterocycles. The summed E-state index contributed by atoms with van der Waals surface area (Å²) in [5.74, 6) is 1.07. The molecule has 134 valence electrons. The fourth-order valence-electron chi connectivity index (χ4n) is 2.66. The maximum Gasteiger partial charge on any atom is 0.316 e. The summed E-state index contributed by atoms with van der Waals surface area (Å²) in [6, 6.07) is 7.73. The third-order valence-electron chi connectivity index (χ3n) is 4.00. The number of aryl methyl sites for hydroxylation is 1. The van der Waals surface area contributed by atoms with Crippen LogP contribution in [0.25, 0.3) is 0 Å². The third-order valence-corrected chi connectivity index (χ3v) is 4.79. The summed E-state index contributed by atoms with van der Waals surface area (Å²) in [7, 11) is 0. The van der Waals surface area contributed by atoms with E-state index in [2.05, 4.69) is 10.2 Å². The first kappa shape index (κ1) is 17.8. The van der Waals surface area contributed by atoms with E-state index < -0.39 is 0 Å². The molecule has 1 aliphatic rings. The van der Waals surface area contributed by atoms with Gasteiger partial charge < -0.3 is 13.9 Å². The van der Waals surface area contributed by atoms with Gasteiger partial charge in [-0.15, -0.1) is 10.2 Å². The van der Waals surface area contributed by atoms with Crippen molar-refractivity contribution < 1.29 is 18.7 Å². The van der Waals surface area contributed by atoms with Crippen molar-refractivity contribution in [1.82, 2.24) is 10.2 Å². The second kappa shape index (κ2) is 8.89. The lowest BCUT2D eigenvalue weighted by molar-refractivity contribution is -0.147. The number of esters is 1. The summed E-state index contributed by atoms with van der Waals surface area (Å²) in [6.45, 7) is 2.22. The lowest BCUT2D eigenvalue weighted by atomic mass is 9.98. The Balaban J connectivity index is 1.40. The highest BCUT2D eigenvalue weighted by molar-refractivity contribution is 7.99. The number of thioether (sulfide) groups is 1. The van der Waals surface area contributed by atoms with E-state index in [4.69, 9.17) is 13.9 Å². The smallest absolute Gasteiger partial charge is 0.316 e. The van der Waals surface area contributed by atoms with Crippen LogP contribution in [0.15, 0.2) is 33.9 Å². The number of rotatable bonds is 7. The zero-order valence-electron chi connectivity index (χ0n) is 14.3. The Bertz CT molecular complexity index is 681. The number of benzene rings is 1. The number of hydrogen-bond acceptors (Lipinski definition) is 7. The molecule has 1 fully saturated rings. The van der Waals surface area contributed by atoms with Gasteiger partial charge in [0.2, 0.25) is 0 Å². The van der Waals surface area contributed by atoms with Crippen molar-refractivity contribution >= 4 is 17.7 Å². The van der Waals surface area contributed by atoms with Crippen LogP contribution in [0.3, 0.4) is 0 Å². The predicted octanol–water partition coefficient (Wildman–Crippen LogP) is 3.93. The van der Waals surface area contributed by atoms with Crippen LogP contribution in [0, 0.1) is 6.92 Å². The number of nitrogens with zero attached hydrogens (tertiary/aromatic N) is 2. The van der Waals surface area contributed by atoms with Gasteiger partial charge in [-0.3, -0.25) is 4.79 Å². The maximum absolute atomic E-state index is 11.9. The molecule has 0 N–H and O–H groups in total. The fourth-order valence-corrected chi connectivity index (χ4v) is 3.22. The molecule has 2 aromatic rings. The average Bonchev–Trinajstić information content (AvgIpc) is 3.08. The Hall–Kier alpha value is -2.02. The van der Waals surface area contributed by atoms with Gasteiger partial charge in [0.05, 0.1) is 0 Å². The molecular formula is C18H22N2O4S. The SMILES string of the molecule is Cc1ccc(OCc2nnc(SCC(=O)OC3CCCCC3)o2)cc1. The van der Waals surface area contributed by atoms with E-state index in [1.165, 1.54) is 23.7 Å². The first-order chi connectivity index (χ1) is 12.2. The van der Waals surface area contributed by atoms with Crippen molar-refractivity contribution in [2.24, 2.45) is 0 Å². The number of ether oxygens (including phenoxy) is 2. The molecule has 0 spiro atoms. The van der Waals surface area contributed by atoms with Gasteiger partial charge in [-0.05, 0) is 44.7 Å². The molecule has 0 aliphatic heterocycles. The van der Waals surface area contributed by atoms with Crippen LogP contribution in [0.5, 0.6) is 5.75 Å². The summed E-state index contributed by atoms with van der Waals surface area (Å²) >= 11 is 1.19. The molecule has 0 atom stereocenters. The molecule has 1 aromatic carbocycles. The summed E-state index contributed by atoms with van der Waals surface area (Å²) in [4.78, 5) is 11.9. The van der Waals surface area contributed by atoms with E-state index >= 15 is 0 Å². The number of hydrogen-bond donors (Lipinski definition) is 0. The first-order valence-electron chi connectivity index (χ1n) is 8.53. The first-order valence-corrected chi connectivity index (χ1v) is 9.52. The average molecular weight is 362 g/mol. The Morgan fingerprint density at radius 2 is 1.96 bits per heavy atom. The second-order valence-corrected chi connectivity index (χ2v) is 7.03. The Morgan fingerprint density at radius 3 is 2.72 bits per heavy atom. The molecule has 3 rings (SSSR count). The molecule has 0 amide bonds. The highest BCUT2D eigenvalue weighted by Gasteiger charge is 2.18. The molecule has 1 saturated carbocycles. The minimum absolute atomic E-state index is 0.0722. The Kier molecular flexibility index (Phi) is 6.33. The highest BCUT2D eigenvalue weighted by atomic mass is 32.2. The zero-order valence-corrected chi connectivity index (χ0v) is 15.1. The van der Waals surface area contributed by atoms with Gasteiger partial charge in [-0.1, -0.05) is 35.9 Å². The van der Waals surface area contributed by atoms with Crippen LogP contribution in [0.1, 0.15) is 43.6 Å². The van der Waals surface area contributed by atoms with Crippen LogP contribution >= 0.6 is 11.8 Å². The molecule has 7 heteroatoms. The number of carbonyl (C=O) groups excluding carboxylic acids is 1. The van der Waals surface area contributed by atoms with Crippen LogP contribution in [-0.4, -0.2) is 28.0 Å². The van der Waals surface area contributed by atoms with E-state index in [0.717, 1.165) is 31.4 Å². The van der Waals surface area contributed by atoms with Crippen molar-refractivity contribution in [2.45, 2.75) is 57.0 Å². The van der Waals surface area contributed by atoms with Crippen molar-refractivity contribution in [1.29, 1.82) is 0 Å². The van der Waals surface area contributed by atoms with Gasteiger partial charge in [0.1, 0.15) is 17.6 Å². The molecular weight excluding hydrogens is 340 g/mol. The van der Waals surface area contributed by atoms with E-state index in [1.54, 1.807) is 0 Å². The van der Waals surface area contributed by atoms with Crippen LogP contribution < -0.4 is 4.74 Å². The van der Waals surface area contributed by atoms with Gasteiger partial charge in [0, 0.05) is 0 Å². The Morgan fingerprint density at radius 1 is 1.20 bits per heavy atom. The third kappa shape index (κ3) is 5.77. The van der Waals surface area contributed by atoms with E-state index in [0.29, 0.717) is 11.1 Å². The van der Waals surface area contributed by atoms with Crippen molar-refractivity contribution in [2.75, 3.05) is 5.75 Å². The Labute approximate surface area is 151 Å². The molecule has 0 bridgehead atoms. The summed E-state index contributed by atoms with van der Waals surface area (Å²) in [5, 5.41) is 8.20. The largest absolute Gasteiger partial charge is 0.484 e. The molecule has 25 heavy (non-hydrogen) atoms. The molecule has 1 aromatic heterocycles. The second-order valence-electron chi connectivity index (χ2n) is 6.10. The van der Waals surface area contributed by atoms with Gasteiger partial charge in [-0.2, -0.15) is 0 Å². The van der Waals surface area contributed by atoms with Crippen LogP contribution in [-0.2, 0) is 16.1 Å². The minimum Gasteiger partial charge on any atom is -0.484 e. The zero-order chi connectivity index (χ0) is 17.5. The van der Waals surface area contributed by atoms with Gasteiger partial charge in [0.25, 0.3) is 11.1 Å². The standard InChI is InChI=1S/C18H22N2O4S/c1-13-7-9-14(10-8-13)22-11-16-19-20-18(24-16)25-12-17(21)23-15-5-3-2-4-6-15/h7-10,15H,2-6,11-12H2,1H3. The quantitative estimate of drug-likeness (QED) is 0.546. The van der Waals surface area contributed by atoms with Gasteiger partial charge in [-0.25, -0.2) is 0 Å². The van der Waals surface area contributed by atoms with Crippen molar-refractivity contribution in [3.63, 3.8) is 0 Å². The van der Waals surface area contributed by atoms with E-state index in [-0.39, 0.29) is 24.4 Å². The highest BCUT2D eigenvalue weighted by Crippen LogP contribution is 2.22. The molecule has 1 aliphatic carbocycles. The van der Waals surface area contributed by atoms with E-state index in [9.17, 15) is 4.79 Å². The lowest BCUT2D eigenvalue weighted by Crippen LogP contribution is -2.21. The molecule has 0 radical (unpaired) electrons. The monoisotopic (exact) mass is 362 g/mol. The summed E-state index contributed by atoms with van der Waals surface area (Å²) in [6.07, 6.45) is 5.52. The minimum atomic E-state index is -0.229. The van der Waals surface area contributed by atoms with Gasteiger partial charge in [0.15, 0.2) is 6.61 Å². The van der Waals surface area contributed by atoms with Crippen LogP contribution in [0.2, 0.25) is 0 Å². The maximum atomic E-state index is 11.9. The number of carbonyl (C=O) groups is 1. The molecule has 0 unspecified atom stereocenters. The van der Waals surface area contributed by atoms with Crippen molar-refractivity contribution in [3.05, 3.63) is 35.7 Å². The normalized spacial score (nSPS) is 15.1. The molecule has 1 heterocycles. The fraction of sp³-hybridized carbons (Fsp3) is 0.500.